The SMILES string of the molecule is CCCNc1nc(OC)nc(N(C)CCC(C)O)n1. The van der Waals surface area contributed by atoms with E-state index in [2.05, 4.69) is 27.2 Å². The fourth-order valence-electron chi connectivity index (χ4n) is 1.40. The highest BCUT2D eigenvalue weighted by Gasteiger charge is 2.11. The van der Waals surface area contributed by atoms with Gasteiger partial charge in [0.15, 0.2) is 0 Å². The molecular formula is C12H23N5O2. The van der Waals surface area contributed by atoms with Gasteiger partial charge in [0, 0.05) is 20.1 Å². The molecule has 1 heterocycles. The zero-order chi connectivity index (χ0) is 14.3. The molecule has 1 aromatic heterocycles. The van der Waals surface area contributed by atoms with Gasteiger partial charge >= 0.3 is 6.01 Å². The Morgan fingerprint density at radius 3 is 2.68 bits per heavy atom. The average molecular weight is 269 g/mol. The van der Waals surface area contributed by atoms with Crippen molar-refractivity contribution in [3.8, 4) is 6.01 Å². The van der Waals surface area contributed by atoms with Crippen LogP contribution in [0.15, 0.2) is 0 Å². The minimum atomic E-state index is -0.344. The lowest BCUT2D eigenvalue weighted by atomic mass is 10.3. The molecule has 1 unspecified atom stereocenters. The molecule has 0 saturated heterocycles. The predicted molar refractivity (Wildman–Crippen MR) is 74.7 cm³/mol. The van der Waals surface area contributed by atoms with Crippen LogP contribution < -0.4 is 15.0 Å². The number of ether oxygens (including phenoxy) is 1. The summed E-state index contributed by atoms with van der Waals surface area (Å²) in [6, 6.07) is 0.285. The standard InChI is InChI=1S/C12H23N5O2/c1-5-7-13-10-14-11(16-12(15-10)19-4)17(3)8-6-9(2)18/h9,18H,5-8H2,1-4H3,(H,13,14,15,16). The van der Waals surface area contributed by atoms with E-state index < -0.39 is 0 Å². The summed E-state index contributed by atoms with van der Waals surface area (Å²) in [7, 11) is 3.40. The third-order valence-corrected chi connectivity index (χ3v) is 2.54. The van der Waals surface area contributed by atoms with Gasteiger partial charge < -0.3 is 20.1 Å². The van der Waals surface area contributed by atoms with Crippen molar-refractivity contribution < 1.29 is 9.84 Å². The Bertz CT molecular complexity index is 386. The summed E-state index contributed by atoms with van der Waals surface area (Å²) in [6.45, 7) is 5.29. The summed E-state index contributed by atoms with van der Waals surface area (Å²) in [6.07, 6.45) is 1.30. The lowest BCUT2D eigenvalue weighted by molar-refractivity contribution is 0.186. The first-order valence-electron chi connectivity index (χ1n) is 6.50. The van der Waals surface area contributed by atoms with E-state index in [4.69, 9.17) is 4.74 Å². The number of hydrogen-bond donors (Lipinski definition) is 2. The molecule has 0 bridgehead atoms. The molecule has 1 atom stereocenters. The van der Waals surface area contributed by atoms with Gasteiger partial charge in [-0.2, -0.15) is 15.0 Å². The molecule has 0 aliphatic carbocycles. The van der Waals surface area contributed by atoms with E-state index in [9.17, 15) is 5.11 Å². The normalized spacial score (nSPS) is 12.1. The van der Waals surface area contributed by atoms with Crippen molar-refractivity contribution in [2.24, 2.45) is 0 Å². The van der Waals surface area contributed by atoms with E-state index in [1.54, 1.807) is 6.92 Å². The molecule has 7 nitrogen and oxygen atoms in total. The number of methoxy groups -OCH3 is 1. The molecule has 0 amide bonds. The van der Waals surface area contributed by atoms with Crippen molar-refractivity contribution in [2.75, 3.05) is 37.5 Å². The van der Waals surface area contributed by atoms with Crippen molar-refractivity contribution >= 4 is 11.9 Å². The van der Waals surface area contributed by atoms with E-state index in [1.165, 1.54) is 7.11 Å². The summed E-state index contributed by atoms with van der Waals surface area (Å²) in [5, 5.41) is 12.4. The highest BCUT2D eigenvalue weighted by atomic mass is 16.5. The van der Waals surface area contributed by atoms with Crippen LogP contribution in [0.4, 0.5) is 11.9 Å². The largest absolute Gasteiger partial charge is 0.467 e. The molecule has 0 radical (unpaired) electrons. The summed E-state index contributed by atoms with van der Waals surface area (Å²) >= 11 is 0. The van der Waals surface area contributed by atoms with Gasteiger partial charge in [-0.1, -0.05) is 6.92 Å². The van der Waals surface area contributed by atoms with Crippen LogP contribution in [0, 0.1) is 0 Å². The first-order valence-corrected chi connectivity index (χ1v) is 6.50. The van der Waals surface area contributed by atoms with Crippen molar-refractivity contribution in [2.45, 2.75) is 32.8 Å². The van der Waals surface area contributed by atoms with Crippen LogP contribution in [0.25, 0.3) is 0 Å². The van der Waals surface area contributed by atoms with E-state index in [0.717, 1.165) is 13.0 Å². The Kier molecular flexibility index (Phi) is 6.27. The number of nitrogens with one attached hydrogen (secondary N) is 1. The van der Waals surface area contributed by atoms with Crippen LogP contribution in [0.3, 0.4) is 0 Å². The minimum Gasteiger partial charge on any atom is -0.467 e. The topological polar surface area (TPSA) is 83.4 Å². The Morgan fingerprint density at radius 1 is 1.37 bits per heavy atom. The van der Waals surface area contributed by atoms with Crippen LogP contribution in [0.5, 0.6) is 6.01 Å². The monoisotopic (exact) mass is 269 g/mol. The van der Waals surface area contributed by atoms with Crippen molar-refractivity contribution in [1.29, 1.82) is 0 Å². The van der Waals surface area contributed by atoms with Gasteiger partial charge in [-0.25, -0.2) is 0 Å². The predicted octanol–water partition coefficient (Wildman–Crippen LogP) is 0.909. The molecule has 2 N–H and O–H groups in total. The van der Waals surface area contributed by atoms with Crippen molar-refractivity contribution in [3.63, 3.8) is 0 Å². The second-order valence-electron chi connectivity index (χ2n) is 4.43. The van der Waals surface area contributed by atoms with Crippen LogP contribution in [0.1, 0.15) is 26.7 Å². The Morgan fingerprint density at radius 2 is 2.11 bits per heavy atom. The molecule has 0 aliphatic rings. The second kappa shape index (κ2) is 7.73. The molecule has 1 rings (SSSR count). The molecule has 19 heavy (non-hydrogen) atoms. The number of aliphatic hydroxyl groups excluding tert-OH is 1. The summed E-state index contributed by atoms with van der Waals surface area (Å²) in [5.74, 6) is 1.04. The van der Waals surface area contributed by atoms with Crippen LogP contribution in [-0.2, 0) is 0 Å². The van der Waals surface area contributed by atoms with Gasteiger partial charge in [-0.05, 0) is 19.8 Å². The zero-order valence-corrected chi connectivity index (χ0v) is 12.1. The number of aromatic nitrogens is 3. The summed E-state index contributed by atoms with van der Waals surface area (Å²) in [4.78, 5) is 14.5. The van der Waals surface area contributed by atoms with E-state index in [0.29, 0.717) is 24.9 Å². The second-order valence-corrected chi connectivity index (χ2v) is 4.43. The van der Waals surface area contributed by atoms with E-state index in [1.807, 2.05) is 11.9 Å². The van der Waals surface area contributed by atoms with Crippen molar-refractivity contribution in [3.05, 3.63) is 0 Å². The molecule has 0 spiro atoms. The third-order valence-electron chi connectivity index (χ3n) is 2.54. The molecule has 0 aromatic carbocycles. The molecule has 0 fully saturated rings. The number of hydrogen-bond acceptors (Lipinski definition) is 7. The number of nitrogens with zero attached hydrogens (tertiary/aromatic N) is 4. The van der Waals surface area contributed by atoms with Gasteiger partial charge in [-0.15, -0.1) is 0 Å². The van der Waals surface area contributed by atoms with E-state index >= 15 is 0 Å². The van der Waals surface area contributed by atoms with Crippen LogP contribution in [-0.4, -0.2) is 53.4 Å². The van der Waals surface area contributed by atoms with Crippen molar-refractivity contribution in [1.82, 2.24) is 15.0 Å². The summed E-state index contributed by atoms with van der Waals surface area (Å²) in [5.41, 5.74) is 0. The van der Waals surface area contributed by atoms with Gasteiger partial charge in [-0.3, -0.25) is 0 Å². The molecule has 7 heteroatoms. The number of anilines is 2. The average Bonchev–Trinajstić information content (AvgIpc) is 2.41. The zero-order valence-electron chi connectivity index (χ0n) is 12.1. The third kappa shape index (κ3) is 5.25. The molecule has 108 valence electrons. The number of rotatable bonds is 8. The minimum absolute atomic E-state index is 0.285. The van der Waals surface area contributed by atoms with Gasteiger partial charge in [0.05, 0.1) is 13.2 Å². The maximum atomic E-state index is 9.30. The first kappa shape index (κ1) is 15.4. The van der Waals surface area contributed by atoms with Gasteiger partial charge in [0.1, 0.15) is 0 Å². The molecular weight excluding hydrogens is 246 g/mol. The lowest BCUT2D eigenvalue weighted by Crippen LogP contribution is -2.24. The highest BCUT2D eigenvalue weighted by Crippen LogP contribution is 2.14. The first-order chi connectivity index (χ1) is 9.06. The molecule has 0 saturated carbocycles. The maximum Gasteiger partial charge on any atom is 0.322 e. The number of aliphatic hydroxyl groups is 1. The van der Waals surface area contributed by atoms with Gasteiger partial charge in [0.2, 0.25) is 11.9 Å². The Labute approximate surface area is 114 Å². The Hall–Kier alpha value is -1.63. The quantitative estimate of drug-likeness (QED) is 0.725. The summed E-state index contributed by atoms with van der Waals surface area (Å²) < 4.78 is 5.07. The van der Waals surface area contributed by atoms with Crippen LogP contribution in [0.2, 0.25) is 0 Å². The fraction of sp³-hybridized carbons (Fsp3) is 0.750. The lowest BCUT2D eigenvalue weighted by Gasteiger charge is -2.18. The van der Waals surface area contributed by atoms with E-state index in [-0.39, 0.29) is 12.1 Å². The molecule has 1 aromatic rings. The fourth-order valence-corrected chi connectivity index (χ4v) is 1.40. The maximum absolute atomic E-state index is 9.30. The highest BCUT2D eigenvalue weighted by molar-refractivity contribution is 5.37. The van der Waals surface area contributed by atoms with Gasteiger partial charge in [0.25, 0.3) is 0 Å². The Balaban J connectivity index is 2.79. The van der Waals surface area contributed by atoms with Crippen LogP contribution >= 0.6 is 0 Å². The molecule has 0 aliphatic heterocycles. The smallest absolute Gasteiger partial charge is 0.322 e.